The quantitative estimate of drug-likeness (QED) is 0.382. The van der Waals surface area contributed by atoms with Crippen LogP contribution in [0.2, 0.25) is 0 Å². The van der Waals surface area contributed by atoms with Gasteiger partial charge in [0.15, 0.2) is 0 Å². The molecule has 0 unspecified atom stereocenters. The average molecular weight is 356 g/mol. The molecule has 2 aromatic heterocycles. The Morgan fingerprint density at radius 1 is 0.889 bits per heavy atom. The average Bonchev–Trinajstić information content (AvgIpc) is 3.20. The van der Waals surface area contributed by atoms with Crippen molar-refractivity contribution in [3.8, 4) is 33.9 Å². The third-order valence-electron chi connectivity index (χ3n) is 4.22. The van der Waals surface area contributed by atoms with Crippen LogP contribution in [0.3, 0.4) is 0 Å². The van der Waals surface area contributed by atoms with Crippen LogP contribution in [0.15, 0.2) is 79.1 Å². The van der Waals surface area contributed by atoms with Crippen molar-refractivity contribution in [2.75, 3.05) is 0 Å². The molecular formula is C21H16N4O2. The van der Waals surface area contributed by atoms with Crippen LogP contribution in [0.5, 0.6) is 0 Å². The molecule has 2 aromatic carbocycles. The lowest BCUT2D eigenvalue weighted by molar-refractivity contribution is 0.0706. The fourth-order valence-electron chi connectivity index (χ4n) is 2.91. The Balaban J connectivity index is 1.89. The number of H-pyrrole nitrogens is 1. The Morgan fingerprint density at radius 2 is 1.63 bits per heavy atom. The van der Waals surface area contributed by atoms with Gasteiger partial charge in [0.05, 0.1) is 11.4 Å². The first-order valence-corrected chi connectivity index (χ1v) is 8.37. The third-order valence-corrected chi connectivity index (χ3v) is 4.22. The number of hydrogen-bond acceptors (Lipinski definition) is 4. The number of nitrogens with one attached hydrogen (secondary N) is 2. The van der Waals surface area contributed by atoms with Gasteiger partial charge in [-0.25, -0.2) is 10.5 Å². The number of imidazole rings is 1. The minimum absolute atomic E-state index is 0.353. The van der Waals surface area contributed by atoms with Gasteiger partial charge >= 0.3 is 0 Å². The maximum absolute atomic E-state index is 11.8. The lowest BCUT2D eigenvalue weighted by atomic mass is 10.0. The van der Waals surface area contributed by atoms with Gasteiger partial charge in [0.1, 0.15) is 5.82 Å². The molecule has 2 heterocycles. The Bertz CT molecular complexity index is 1080. The van der Waals surface area contributed by atoms with Crippen LogP contribution in [-0.4, -0.2) is 26.1 Å². The van der Waals surface area contributed by atoms with Gasteiger partial charge in [-0.3, -0.25) is 15.0 Å². The molecule has 0 atom stereocenters. The van der Waals surface area contributed by atoms with Crippen LogP contribution in [-0.2, 0) is 0 Å². The van der Waals surface area contributed by atoms with E-state index in [4.69, 9.17) is 10.2 Å². The number of nitrogens with zero attached hydrogens (tertiary/aromatic N) is 2. The van der Waals surface area contributed by atoms with Gasteiger partial charge in [-0.15, -0.1) is 0 Å². The predicted octanol–water partition coefficient (Wildman–Crippen LogP) is 3.92. The first-order chi connectivity index (χ1) is 13.3. The van der Waals surface area contributed by atoms with Crippen molar-refractivity contribution in [2.24, 2.45) is 0 Å². The van der Waals surface area contributed by atoms with Crippen LogP contribution in [0, 0.1) is 0 Å². The normalized spacial score (nSPS) is 10.6. The number of hydroxylamine groups is 1. The van der Waals surface area contributed by atoms with Crippen molar-refractivity contribution in [1.29, 1.82) is 0 Å². The van der Waals surface area contributed by atoms with Crippen molar-refractivity contribution < 1.29 is 10.0 Å². The Morgan fingerprint density at radius 3 is 2.37 bits per heavy atom. The summed E-state index contributed by atoms with van der Waals surface area (Å²) < 4.78 is 0. The molecule has 4 aromatic rings. The molecule has 0 spiro atoms. The van der Waals surface area contributed by atoms with Gasteiger partial charge in [0.25, 0.3) is 5.91 Å². The second-order valence-corrected chi connectivity index (χ2v) is 5.93. The molecule has 1 amide bonds. The fourth-order valence-corrected chi connectivity index (χ4v) is 2.91. The van der Waals surface area contributed by atoms with E-state index in [1.54, 1.807) is 36.1 Å². The fraction of sp³-hybridized carbons (Fsp3) is 0. The van der Waals surface area contributed by atoms with Crippen LogP contribution in [0.25, 0.3) is 33.9 Å². The van der Waals surface area contributed by atoms with E-state index in [-0.39, 0.29) is 0 Å². The molecule has 0 saturated heterocycles. The van der Waals surface area contributed by atoms with Crippen molar-refractivity contribution in [1.82, 2.24) is 20.4 Å². The maximum Gasteiger partial charge on any atom is 0.274 e. The molecule has 0 aliphatic rings. The van der Waals surface area contributed by atoms with Gasteiger partial charge in [-0.1, -0.05) is 42.5 Å². The minimum atomic E-state index is -0.565. The second-order valence-electron chi connectivity index (χ2n) is 5.93. The number of benzene rings is 2. The molecule has 6 heteroatoms. The van der Waals surface area contributed by atoms with E-state index in [2.05, 4.69) is 9.97 Å². The Kier molecular flexibility index (Phi) is 4.47. The SMILES string of the molecule is O=C(NO)c1cccc(-c2[nH]c(-c3ccccc3)nc2-c2ccncc2)c1. The number of aromatic amines is 1. The van der Waals surface area contributed by atoms with Gasteiger partial charge in [0.2, 0.25) is 0 Å². The van der Waals surface area contributed by atoms with Crippen molar-refractivity contribution in [3.63, 3.8) is 0 Å². The van der Waals surface area contributed by atoms with Gasteiger partial charge in [0, 0.05) is 34.6 Å². The number of carbonyl (C=O) groups excluding carboxylic acids is 1. The molecule has 3 N–H and O–H groups in total. The summed E-state index contributed by atoms with van der Waals surface area (Å²) in [5, 5.41) is 8.91. The molecule has 6 nitrogen and oxygen atoms in total. The summed E-state index contributed by atoms with van der Waals surface area (Å²) in [4.78, 5) is 24.0. The van der Waals surface area contributed by atoms with E-state index in [1.165, 1.54) is 0 Å². The zero-order valence-electron chi connectivity index (χ0n) is 14.3. The summed E-state index contributed by atoms with van der Waals surface area (Å²) in [6, 6.07) is 20.6. The number of hydrogen-bond donors (Lipinski definition) is 3. The molecule has 0 saturated carbocycles. The van der Waals surface area contributed by atoms with Gasteiger partial charge in [-0.2, -0.15) is 0 Å². The zero-order valence-corrected chi connectivity index (χ0v) is 14.3. The highest BCUT2D eigenvalue weighted by atomic mass is 16.5. The van der Waals surface area contributed by atoms with Crippen LogP contribution >= 0.6 is 0 Å². The van der Waals surface area contributed by atoms with Gasteiger partial charge < -0.3 is 4.98 Å². The van der Waals surface area contributed by atoms with E-state index in [0.29, 0.717) is 5.56 Å². The third kappa shape index (κ3) is 3.33. The smallest absolute Gasteiger partial charge is 0.274 e. The summed E-state index contributed by atoms with van der Waals surface area (Å²) in [7, 11) is 0. The number of aromatic nitrogens is 3. The topological polar surface area (TPSA) is 90.9 Å². The number of amides is 1. The van der Waals surface area contributed by atoms with Crippen molar-refractivity contribution in [3.05, 3.63) is 84.7 Å². The van der Waals surface area contributed by atoms with Crippen LogP contribution in [0.4, 0.5) is 0 Å². The highest BCUT2D eigenvalue weighted by molar-refractivity contribution is 5.95. The zero-order chi connectivity index (χ0) is 18.6. The first kappa shape index (κ1) is 16.7. The van der Waals surface area contributed by atoms with Gasteiger partial charge in [-0.05, 0) is 24.3 Å². The molecule has 4 rings (SSSR count). The predicted molar refractivity (Wildman–Crippen MR) is 102 cm³/mol. The van der Waals surface area contributed by atoms with Crippen molar-refractivity contribution in [2.45, 2.75) is 0 Å². The Hall–Kier alpha value is -3.77. The molecule has 0 bridgehead atoms. The second kappa shape index (κ2) is 7.23. The van der Waals surface area contributed by atoms with E-state index in [0.717, 1.165) is 33.9 Å². The van der Waals surface area contributed by atoms with E-state index in [9.17, 15) is 4.79 Å². The summed E-state index contributed by atoms with van der Waals surface area (Å²) in [5.41, 5.74) is 6.23. The Labute approximate surface area is 155 Å². The molecule has 27 heavy (non-hydrogen) atoms. The lowest BCUT2D eigenvalue weighted by Crippen LogP contribution is -2.18. The molecule has 0 fully saturated rings. The summed E-state index contributed by atoms with van der Waals surface area (Å²) >= 11 is 0. The molecule has 132 valence electrons. The lowest BCUT2D eigenvalue weighted by Gasteiger charge is -2.05. The van der Waals surface area contributed by atoms with Crippen LogP contribution in [0.1, 0.15) is 10.4 Å². The van der Waals surface area contributed by atoms with E-state index < -0.39 is 5.91 Å². The standard InChI is InChI=1S/C21H16N4O2/c26-21(25-27)17-8-4-7-16(13-17)19-18(14-9-11-22-12-10-14)23-20(24-19)15-5-2-1-3-6-15/h1-13,27H,(H,23,24)(H,25,26). The van der Waals surface area contributed by atoms with Crippen LogP contribution < -0.4 is 5.48 Å². The molecule has 0 radical (unpaired) electrons. The summed E-state index contributed by atoms with van der Waals surface area (Å²) in [5.74, 6) is 0.166. The molecule has 0 aliphatic carbocycles. The molecular weight excluding hydrogens is 340 g/mol. The van der Waals surface area contributed by atoms with E-state index in [1.807, 2.05) is 48.5 Å². The summed E-state index contributed by atoms with van der Waals surface area (Å²) in [6.07, 6.45) is 3.43. The first-order valence-electron chi connectivity index (χ1n) is 8.37. The maximum atomic E-state index is 11.8. The number of pyridine rings is 1. The number of rotatable bonds is 4. The molecule has 0 aliphatic heterocycles. The highest BCUT2D eigenvalue weighted by Crippen LogP contribution is 2.33. The summed E-state index contributed by atoms with van der Waals surface area (Å²) in [6.45, 7) is 0. The monoisotopic (exact) mass is 356 g/mol. The van der Waals surface area contributed by atoms with Crippen molar-refractivity contribution >= 4 is 5.91 Å². The van der Waals surface area contributed by atoms with E-state index >= 15 is 0 Å². The highest BCUT2D eigenvalue weighted by Gasteiger charge is 2.16. The number of carbonyl (C=O) groups is 1. The largest absolute Gasteiger partial charge is 0.337 e. The minimum Gasteiger partial charge on any atom is -0.337 e.